The van der Waals surface area contributed by atoms with E-state index in [0.29, 0.717) is 5.82 Å². The van der Waals surface area contributed by atoms with Crippen molar-refractivity contribution in [2.24, 2.45) is 7.05 Å². The molecule has 2 aromatic rings. The van der Waals surface area contributed by atoms with Crippen LogP contribution in [0.25, 0.3) is 11.1 Å². The Hall–Kier alpha value is -1.97. The summed E-state index contributed by atoms with van der Waals surface area (Å²) in [6.45, 7) is 6.50. The molecule has 0 spiro atoms. The molecule has 0 amide bonds. The molecule has 4 heteroatoms. The topological polar surface area (TPSA) is 53.1 Å². The summed E-state index contributed by atoms with van der Waals surface area (Å²) in [5, 5.41) is 4.20. The van der Waals surface area contributed by atoms with Crippen molar-refractivity contribution < 1.29 is 4.74 Å². The maximum atomic E-state index is 6.06. The second-order valence-corrected chi connectivity index (χ2v) is 5.70. The Labute approximate surface area is 114 Å². The van der Waals surface area contributed by atoms with Gasteiger partial charge in [-0.05, 0) is 5.41 Å². The fraction of sp³-hybridized carbons (Fsp3) is 0.400. The average molecular weight is 259 g/mol. The van der Waals surface area contributed by atoms with E-state index in [0.717, 1.165) is 22.4 Å². The molecule has 4 nitrogen and oxygen atoms in total. The predicted octanol–water partition coefficient (Wildman–Crippen LogP) is 2.98. The largest absolute Gasteiger partial charge is 0.496 e. The summed E-state index contributed by atoms with van der Waals surface area (Å²) in [5.41, 5.74) is 9.13. The Morgan fingerprint density at radius 2 is 1.89 bits per heavy atom. The summed E-state index contributed by atoms with van der Waals surface area (Å²) in [6, 6.07) is 6.14. The Morgan fingerprint density at radius 3 is 2.37 bits per heavy atom. The number of nitrogens with zero attached hydrogens (tertiary/aromatic N) is 2. The van der Waals surface area contributed by atoms with Crippen molar-refractivity contribution in [2.75, 3.05) is 12.8 Å². The summed E-state index contributed by atoms with van der Waals surface area (Å²) in [6.07, 6.45) is 1.78. The van der Waals surface area contributed by atoms with Crippen molar-refractivity contribution in [1.29, 1.82) is 0 Å². The molecule has 0 radical (unpaired) electrons. The summed E-state index contributed by atoms with van der Waals surface area (Å²) in [5.74, 6) is 1.51. The normalized spacial score (nSPS) is 11.6. The monoisotopic (exact) mass is 259 g/mol. The van der Waals surface area contributed by atoms with Crippen LogP contribution in [0.15, 0.2) is 24.4 Å². The van der Waals surface area contributed by atoms with E-state index in [4.69, 9.17) is 10.5 Å². The number of hydrogen-bond acceptors (Lipinski definition) is 3. The second kappa shape index (κ2) is 4.61. The number of aryl methyl sites for hydroxylation is 1. The number of aromatic nitrogens is 2. The number of para-hydroxylation sites is 1. The first-order valence-electron chi connectivity index (χ1n) is 6.31. The van der Waals surface area contributed by atoms with E-state index >= 15 is 0 Å². The van der Waals surface area contributed by atoms with Gasteiger partial charge >= 0.3 is 0 Å². The van der Waals surface area contributed by atoms with Crippen LogP contribution in [0.1, 0.15) is 26.3 Å². The van der Waals surface area contributed by atoms with Crippen molar-refractivity contribution in [3.8, 4) is 16.9 Å². The van der Waals surface area contributed by atoms with Gasteiger partial charge in [-0.25, -0.2) is 0 Å². The van der Waals surface area contributed by atoms with Crippen LogP contribution in [0.5, 0.6) is 5.75 Å². The highest BCUT2D eigenvalue weighted by Gasteiger charge is 2.22. The third kappa shape index (κ3) is 2.30. The molecule has 0 aliphatic carbocycles. The molecule has 0 saturated heterocycles. The zero-order chi connectivity index (χ0) is 14.2. The minimum Gasteiger partial charge on any atom is -0.496 e. The third-order valence-electron chi connectivity index (χ3n) is 3.30. The van der Waals surface area contributed by atoms with Crippen LogP contribution in [-0.4, -0.2) is 16.9 Å². The van der Waals surface area contributed by atoms with E-state index in [1.165, 1.54) is 0 Å². The fourth-order valence-corrected chi connectivity index (χ4v) is 2.21. The average Bonchev–Trinajstić information content (AvgIpc) is 2.68. The molecule has 0 aliphatic rings. The molecule has 2 rings (SSSR count). The molecule has 0 aliphatic heterocycles. The van der Waals surface area contributed by atoms with Crippen molar-refractivity contribution in [3.63, 3.8) is 0 Å². The first-order valence-corrected chi connectivity index (χ1v) is 6.31. The van der Waals surface area contributed by atoms with Gasteiger partial charge in [-0.1, -0.05) is 39.0 Å². The van der Waals surface area contributed by atoms with Gasteiger partial charge in [-0.3, -0.25) is 4.68 Å². The molecule has 1 heterocycles. The fourth-order valence-electron chi connectivity index (χ4n) is 2.21. The van der Waals surface area contributed by atoms with E-state index in [1.807, 2.05) is 19.2 Å². The number of benzene rings is 1. The quantitative estimate of drug-likeness (QED) is 0.902. The molecule has 19 heavy (non-hydrogen) atoms. The Bertz CT molecular complexity index is 594. The van der Waals surface area contributed by atoms with E-state index in [1.54, 1.807) is 18.0 Å². The van der Waals surface area contributed by atoms with Crippen LogP contribution < -0.4 is 10.5 Å². The first-order chi connectivity index (χ1) is 8.86. The standard InChI is InChI=1S/C15H21N3O/c1-15(2,3)12-8-6-7-10(13(12)19-5)11-9-17-18(4)14(11)16/h6-9H,16H2,1-5H3. The lowest BCUT2D eigenvalue weighted by atomic mass is 9.84. The van der Waals surface area contributed by atoms with Crippen molar-refractivity contribution in [1.82, 2.24) is 9.78 Å². The smallest absolute Gasteiger partial charge is 0.130 e. The molecule has 2 N–H and O–H groups in total. The van der Waals surface area contributed by atoms with Crippen molar-refractivity contribution >= 4 is 5.82 Å². The Balaban J connectivity index is 2.68. The summed E-state index contributed by atoms with van der Waals surface area (Å²) in [7, 11) is 3.53. The van der Waals surface area contributed by atoms with E-state index in [2.05, 4.69) is 31.9 Å². The van der Waals surface area contributed by atoms with Crippen LogP contribution in [-0.2, 0) is 12.5 Å². The number of nitrogens with two attached hydrogens (primary N) is 1. The number of methoxy groups -OCH3 is 1. The van der Waals surface area contributed by atoms with Gasteiger partial charge < -0.3 is 10.5 Å². The zero-order valence-electron chi connectivity index (χ0n) is 12.2. The number of hydrogen-bond donors (Lipinski definition) is 1. The molecule has 0 fully saturated rings. The van der Waals surface area contributed by atoms with Gasteiger partial charge in [-0.15, -0.1) is 0 Å². The molecule has 0 saturated carbocycles. The number of ether oxygens (including phenoxy) is 1. The molecular weight excluding hydrogens is 238 g/mol. The lowest BCUT2D eigenvalue weighted by Crippen LogP contribution is -2.13. The molecule has 0 unspecified atom stereocenters. The zero-order valence-corrected chi connectivity index (χ0v) is 12.2. The molecule has 1 aromatic heterocycles. The maximum Gasteiger partial charge on any atom is 0.130 e. The SMILES string of the molecule is COc1c(-c2cnn(C)c2N)cccc1C(C)(C)C. The van der Waals surface area contributed by atoms with Crippen molar-refractivity contribution in [3.05, 3.63) is 30.0 Å². The maximum absolute atomic E-state index is 6.06. The molecular formula is C15H21N3O. The highest BCUT2D eigenvalue weighted by molar-refractivity contribution is 5.79. The Morgan fingerprint density at radius 1 is 1.21 bits per heavy atom. The molecule has 1 aromatic carbocycles. The summed E-state index contributed by atoms with van der Waals surface area (Å²) in [4.78, 5) is 0. The minimum atomic E-state index is 0.0122. The minimum absolute atomic E-state index is 0.0122. The Kier molecular flexibility index (Phi) is 3.27. The van der Waals surface area contributed by atoms with Crippen molar-refractivity contribution in [2.45, 2.75) is 26.2 Å². The van der Waals surface area contributed by atoms with Gasteiger partial charge in [-0.2, -0.15) is 5.10 Å². The van der Waals surface area contributed by atoms with Gasteiger partial charge in [0.05, 0.1) is 13.3 Å². The summed E-state index contributed by atoms with van der Waals surface area (Å²) < 4.78 is 7.29. The molecule has 0 atom stereocenters. The number of anilines is 1. The van der Waals surface area contributed by atoms with E-state index in [-0.39, 0.29) is 5.41 Å². The lowest BCUT2D eigenvalue weighted by Gasteiger charge is -2.23. The molecule has 102 valence electrons. The second-order valence-electron chi connectivity index (χ2n) is 5.70. The predicted molar refractivity (Wildman–Crippen MR) is 78.3 cm³/mol. The van der Waals surface area contributed by atoms with Crippen LogP contribution in [0.3, 0.4) is 0 Å². The summed E-state index contributed by atoms with van der Waals surface area (Å²) >= 11 is 0. The highest BCUT2D eigenvalue weighted by atomic mass is 16.5. The number of rotatable bonds is 2. The molecule has 0 bridgehead atoms. The number of nitrogen functional groups attached to an aromatic ring is 1. The van der Waals surface area contributed by atoms with Crippen LogP contribution in [0, 0.1) is 0 Å². The van der Waals surface area contributed by atoms with E-state index in [9.17, 15) is 0 Å². The van der Waals surface area contributed by atoms with Gasteiger partial charge in [0.1, 0.15) is 11.6 Å². The third-order valence-corrected chi connectivity index (χ3v) is 3.30. The van der Waals surface area contributed by atoms with E-state index < -0.39 is 0 Å². The van der Waals surface area contributed by atoms with Gasteiger partial charge in [0, 0.05) is 23.7 Å². The van der Waals surface area contributed by atoms with Crippen LogP contribution in [0.4, 0.5) is 5.82 Å². The van der Waals surface area contributed by atoms with Gasteiger partial charge in [0.2, 0.25) is 0 Å². The first kappa shape index (κ1) is 13.5. The highest BCUT2D eigenvalue weighted by Crippen LogP contribution is 2.40. The van der Waals surface area contributed by atoms with Crippen LogP contribution in [0.2, 0.25) is 0 Å². The lowest BCUT2D eigenvalue weighted by molar-refractivity contribution is 0.399. The van der Waals surface area contributed by atoms with Gasteiger partial charge in [0.25, 0.3) is 0 Å². The van der Waals surface area contributed by atoms with Gasteiger partial charge in [0.15, 0.2) is 0 Å². The van der Waals surface area contributed by atoms with Crippen LogP contribution >= 0.6 is 0 Å².